The molecule has 0 atom stereocenters. The summed E-state index contributed by atoms with van der Waals surface area (Å²) in [5.41, 5.74) is 1.77. The summed E-state index contributed by atoms with van der Waals surface area (Å²) >= 11 is 13.8. The minimum Gasteiger partial charge on any atom is -0.419 e. The van der Waals surface area contributed by atoms with Crippen LogP contribution in [0.1, 0.15) is 24.8 Å². The third kappa shape index (κ3) is 6.23. The smallest absolute Gasteiger partial charge is 0.249 e. The van der Waals surface area contributed by atoms with E-state index in [4.69, 9.17) is 27.6 Å². The van der Waals surface area contributed by atoms with Crippen molar-refractivity contribution in [2.45, 2.75) is 25.6 Å². The maximum atomic E-state index is 12.7. The Bertz CT molecular complexity index is 964. The summed E-state index contributed by atoms with van der Waals surface area (Å²) in [6.07, 6.45) is 0.843. The molecule has 0 fully saturated rings. The van der Waals surface area contributed by atoms with Crippen molar-refractivity contribution in [3.8, 4) is 11.5 Å². The second-order valence-electron chi connectivity index (χ2n) is 6.42. The predicted octanol–water partition coefficient (Wildman–Crippen LogP) is 5.72. The molecular formula is C21H21Cl2N3O2S. The van der Waals surface area contributed by atoms with Gasteiger partial charge in [0, 0.05) is 17.3 Å². The minimum atomic E-state index is 0.0383. The van der Waals surface area contributed by atoms with E-state index in [-0.39, 0.29) is 12.5 Å². The first-order valence-electron chi connectivity index (χ1n) is 9.24. The molecule has 0 radical (unpaired) electrons. The molecule has 8 heteroatoms. The van der Waals surface area contributed by atoms with Gasteiger partial charge in [-0.25, -0.2) is 0 Å². The Morgan fingerprint density at radius 3 is 2.72 bits per heavy atom. The Hall–Kier alpha value is -2.02. The molecule has 2 aromatic carbocycles. The van der Waals surface area contributed by atoms with E-state index in [1.54, 1.807) is 22.7 Å². The molecule has 1 amide bonds. The van der Waals surface area contributed by atoms with Gasteiger partial charge in [0.25, 0.3) is 0 Å². The molecule has 0 unspecified atom stereocenters. The minimum absolute atomic E-state index is 0.0383. The maximum absolute atomic E-state index is 12.7. The molecule has 0 N–H and O–H groups in total. The number of nitrogens with zero attached hydrogens (tertiary/aromatic N) is 3. The van der Waals surface area contributed by atoms with E-state index in [2.05, 4.69) is 10.2 Å². The number of carbonyl (C=O) groups excluding carboxylic acids is 1. The third-order valence-corrected chi connectivity index (χ3v) is 5.68. The van der Waals surface area contributed by atoms with Crippen molar-refractivity contribution in [3.63, 3.8) is 0 Å². The van der Waals surface area contributed by atoms with Crippen LogP contribution in [0.25, 0.3) is 11.5 Å². The van der Waals surface area contributed by atoms with Crippen molar-refractivity contribution < 1.29 is 9.21 Å². The molecule has 0 aliphatic heterocycles. The van der Waals surface area contributed by atoms with Gasteiger partial charge in [0.15, 0.2) is 0 Å². The molecular weight excluding hydrogens is 429 g/mol. The first-order valence-corrected chi connectivity index (χ1v) is 11.1. The number of halogens is 2. The normalized spacial score (nSPS) is 10.9. The highest BCUT2D eigenvalue weighted by molar-refractivity contribution is 7.99. The van der Waals surface area contributed by atoms with Crippen LogP contribution in [-0.2, 0) is 17.1 Å². The van der Waals surface area contributed by atoms with Crippen LogP contribution in [0.4, 0.5) is 0 Å². The molecule has 0 spiro atoms. The fraction of sp³-hybridized carbons (Fsp3) is 0.286. The number of thioether (sulfide) groups is 1. The van der Waals surface area contributed by atoms with E-state index < -0.39 is 0 Å². The van der Waals surface area contributed by atoms with Crippen molar-refractivity contribution in [2.75, 3.05) is 12.3 Å². The molecule has 1 aromatic heterocycles. The molecule has 0 aliphatic carbocycles. The lowest BCUT2D eigenvalue weighted by molar-refractivity contribution is -0.129. The Balaban J connectivity index is 1.59. The average Bonchev–Trinajstić information content (AvgIpc) is 3.16. The summed E-state index contributed by atoms with van der Waals surface area (Å²) in [6, 6.07) is 15.0. The summed E-state index contributed by atoms with van der Waals surface area (Å²) in [4.78, 5) is 14.4. The topological polar surface area (TPSA) is 59.2 Å². The molecule has 0 saturated carbocycles. The van der Waals surface area contributed by atoms with E-state index in [0.717, 1.165) is 17.7 Å². The van der Waals surface area contributed by atoms with Crippen LogP contribution in [0, 0.1) is 0 Å². The quantitative estimate of drug-likeness (QED) is 0.418. The Labute approximate surface area is 184 Å². The lowest BCUT2D eigenvalue weighted by Gasteiger charge is -2.20. The first kappa shape index (κ1) is 21.7. The predicted molar refractivity (Wildman–Crippen MR) is 118 cm³/mol. The number of carbonyl (C=O) groups is 1. The highest BCUT2D eigenvalue weighted by Crippen LogP contribution is 2.26. The molecule has 1 heterocycles. The van der Waals surface area contributed by atoms with Crippen LogP contribution in [0.5, 0.6) is 0 Å². The lowest BCUT2D eigenvalue weighted by atomic mass is 10.2. The van der Waals surface area contributed by atoms with Gasteiger partial charge in [0.1, 0.15) is 0 Å². The van der Waals surface area contributed by atoms with E-state index in [0.29, 0.717) is 39.7 Å². The molecule has 29 heavy (non-hydrogen) atoms. The van der Waals surface area contributed by atoms with Crippen LogP contribution in [0.15, 0.2) is 52.9 Å². The molecule has 0 saturated heterocycles. The summed E-state index contributed by atoms with van der Waals surface area (Å²) < 4.78 is 5.74. The Morgan fingerprint density at radius 2 is 1.97 bits per heavy atom. The van der Waals surface area contributed by atoms with Crippen LogP contribution in [0.3, 0.4) is 0 Å². The SMILES string of the molecule is CCCN(Cc1nnc(-c2ccccc2Cl)o1)C(=O)CSCc1cccc(Cl)c1. The largest absolute Gasteiger partial charge is 0.419 e. The molecule has 5 nitrogen and oxygen atoms in total. The zero-order valence-corrected chi connectivity index (χ0v) is 18.3. The molecule has 152 valence electrons. The van der Waals surface area contributed by atoms with Gasteiger partial charge in [0.05, 0.1) is 22.9 Å². The fourth-order valence-corrected chi connectivity index (χ4v) is 4.06. The van der Waals surface area contributed by atoms with Crippen LogP contribution >= 0.6 is 35.0 Å². The van der Waals surface area contributed by atoms with Gasteiger partial charge in [-0.3, -0.25) is 4.79 Å². The zero-order valence-electron chi connectivity index (χ0n) is 16.0. The van der Waals surface area contributed by atoms with Gasteiger partial charge in [-0.1, -0.05) is 54.4 Å². The van der Waals surface area contributed by atoms with Crippen molar-refractivity contribution in [1.82, 2.24) is 15.1 Å². The fourth-order valence-electron chi connectivity index (χ4n) is 2.76. The molecule has 0 aliphatic rings. The van der Waals surface area contributed by atoms with Crippen molar-refractivity contribution in [2.24, 2.45) is 0 Å². The van der Waals surface area contributed by atoms with E-state index in [9.17, 15) is 4.79 Å². The van der Waals surface area contributed by atoms with E-state index >= 15 is 0 Å². The monoisotopic (exact) mass is 449 g/mol. The first-order chi connectivity index (χ1) is 14.1. The van der Waals surface area contributed by atoms with Crippen LogP contribution in [0.2, 0.25) is 10.0 Å². The number of benzene rings is 2. The second-order valence-corrected chi connectivity index (χ2v) is 8.25. The average molecular weight is 450 g/mol. The summed E-state index contributed by atoms with van der Waals surface area (Å²) in [6.45, 7) is 2.94. The molecule has 0 bridgehead atoms. The van der Waals surface area contributed by atoms with Crippen molar-refractivity contribution >= 4 is 40.9 Å². The molecule has 3 rings (SSSR count). The number of hydrogen-bond donors (Lipinski definition) is 0. The molecule has 3 aromatic rings. The standard InChI is InChI=1S/C21H21Cl2N3O2S/c1-2-10-26(20(27)14-29-13-15-6-5-7-16(22)11-15)12-19-24-25-21(28-19)17-8-3-4-9-18(17)23/h3-9,11H,2,10,12-14H2,1H3. The van der Waals surface area contributed by atoms with Crippen molar-refractivity contribution in [3.05, 3.63) is 70.0 Å². The van der Waals surface area contributed by atoms with Crippen LogP contribution < -0.4 is 0 Å². The van der Waals surface area contributed by atoms with Crippen molar-refractivity contribution in [1.29, 1.82) is 0 Å². The lowest BCUT2D eigenvalue weighted by Crippen LogP contribution is -2.32. The van der Waals surface area contributed by atoms with Gasteiger partial charge in [-0.15, -0.1) is 22.0 Å². The van der Waals surface area contributed by atoms with Crippen LogP contribution in [-0.4, -0.2) is 33.3 Å². The van der Waals surface area contributed by atoms with Gasteiger partial charge in [0.2, 0.25) is 17.7 Å². The number of rotatable bonds is 9. The summed E-state index contributed by atoms with van der Waals surface area (Å²) in [5, 5.41) is 9.40. The maximum Gasteiger partial charge on any atom is 0.249 e. The van der Waals surface area contributed by atoms with E-state index in [1.807, 2.05) is 49.4 Å². The summed E-state index contributed by atoms with van der Waals surface area (Å²) in [7, 11) is 0. The Kier molecular flexibility index (Phi) is 7.98. The van der Waals surface area contributed by atoms with Gasteiger partial charge in [-0.2, -0.15) is 0 Å². The Morgan fingerprint density at radius 1 is 1.14 bits per heavy atom. The summed E-state index contributed by atoms with van der Waals surface area (Å²) in [5.74, 6) is 1.88. The van der Waals surface area contributed by atoms with Gasteiger partial charge < -0.3 is 9.32 Å². The third-order valence-electron chi connectivity index (χ3n) is 4.13. The second kappa shape index (κ2) is 10.7. The number of amides is 1. The highest BCUT2D eigenvalue weighted by atomic mass is 35.5. The van der Waals surface area contributed by atoms with Gasteiger partial charge in [-0.05, 0) is 36.2 Å². The number of aromatic nitrogens is 2. The van der Waals surface area contributed by atoms with Gasteiger partial charge >= 0.3 is 0 Å². The zero-order chi connectivity index (χ0) is 20.6. The number of hydrogen-bond acceptors (Lipinski definition) is 5. The van der Waals surface area contributed by atoms with E-state index in [1.165, 1.54) is 0 Å². The highest BCUT2D eigenvalue weighted by Gasteiger charge is 2.18.